The van der Waals surface area contributed by atoms with Crippen molar-refractivity contribution in [3.8, 4) is 0 Å². The van der Waals surface area contributed by atoms with Crippen LogP contribution in [-0.2, 0) is 4.74 Å². The molecular formula is C12H10BrClN2O2S. The van der Waals surface area contributed by atoms with Gasteiger partial charge in [-0.05, 0) is 25.1 Å². The fourth-order valence-electron chi connectivity index (χ4n) is 1.39. The molecule has 0 radical (unpaired) electrons. The van der Waals surface area contributed by atoms with Crippen molar-refractivity contribution >= 4 is 55.5 Å². The van der Waals surface area contributed by atoms with Crippen molar-refractivity contribution in [3.05, 3.63) is 38.9 Å². The number of carbonyl (C=O) groups is 1. The van der Waals surface area contributed by atoms with E-state index in [4.69, 9.17) is 16.3 Å². The molecule has 2 rings (SSSR count). The van der Waals surface area contributed by atoms with Gasteiger partial charge in [0.25, 0.3) is 0 Å². The SMILES string of the molecule is CCOC(=O)c1ncsc1Nc1ccc(Br)cc1Cl. The lowest BCUT2D eigenvalue weighted by atomic mass is 10.3. The highest BCUT2D eigenvalue weighted by molar-refractivity contribution is 9.10. The Balaban J connectivity index is 2.24. The van der Waals surface area contributed by atoms with Crippen LogP contribution in [0, 0.1) is 0 Å². The maximum Gasteiger partial charge on any atom is 0.360 e. The minimum Gasteiger partial charge on any atom is -0.461 e. The molecule has 0 bridgehead atoms. The van der Waals surface area contributed by atoms with Gasteiger partial charge in [0.2, 0.25) is 0 Å². The smallest absolute Gasteiger partial charge is 0.360 e. The van der Waals surface area contributed by atoms with Crippen molar-refractivity contribution in [3.63, 3.8) is 0 Å². The first kappa shape index (κ1) is 14.3. The minimum absolute atomic E-state index is 0.269. The van der Waals surface area contributed by atoms with Gasteiger partial charge in [-0.2, -0.15) is 0 Å². The molecule has 0 aliphatic carbocycles. The van der Waals surface area contributed by atoms with Crippen molar-refractivity contribution < 1.29 is 9.53 Å². The molecule has 0 aliphatic heterocycles. The Morgan fingerprint density at radius 3 is 3.05 bits per heavy atom. The van der Waals surface area contributed by atoms with Crippen LogP contribution in [0.5, 0.6) is 0 Å². The van der Waals surface area contributed by atoms with Crippen LogP contribution in [0.25, 0.3) is 0 Å². The summed E-state index contributed by atoms with van der Waals surface area (Å²) in [5.41, 5.74) is 2.56. The lowest BCUT2D eigenvalue weighted by Gasteiger charge is -2.08. The summed E-state index contributed by atoms with van der Waals surface area (Å²) < 4.78 is 5.83. The van der Waals surface area contributed by atoms with Crippen molar-refractivity contribution in [2.45, 2.75) is 6.92 Å². The van der Waals surface area contributed by atoms with Gasteiger partial charge in [0.15, 0.2) is 5.69 Å². The molecule has 1 heterocycles. The zero-order chi connectivity index (χ0) is 13.8. The zero-order valence-corrected chi connectivity index (χ0v) is 13.1. The summed E-state index contributed by atoms with van der Waals surface area (Å²) in [5.74, 6) is -0.445. The third kappa shape index (κ3) is 3.46. The normalized spacial score (nSPS) is 10.3. The van der Waals surface area contributed by atoms with E-state index in [1.807, 2.05) is 12.1 Å². The lowest BCUT2D eigenvalue weighted by Crippen LogP contribution is -2.07. The molecule has 0 atom stereocenters. The molecule has 2 aromatic rings. The molecular weight excluding hydrogens is 352 g/mol. The monoisotopic (exact) mass is 360 g/mol. The standard InChI is InChI=1S/C12H10BrClN2O2S/c1-2-18-12(17)10-11(19-6-15-10)16-9-4-3-7(13)5-8(9)14/h3-6,16H,2H2,1H3. The van der Waals surface area contributed by atoms with E-state index in [9.17, 15) is 4.79 Å². The van der Waals surface area contributed by atoms with Crippen LogP contribution in [0.1, 0.15) is 17.4 Å². The third-order valence-electron chi connectivity index (χ3n) is 2.22. The number of nitrogens with zero attached hydrogens (tertiary/aromatic N) is 1. The van der Waals surface area contributed by atoms with Gasteiger partial charge in [0.05, 0.1) is 22.8 Å². The quantitative estimate of drug-likeness (QED) is 0.816. The van der Waals surface area contributed by atoms with Crippen molar-refractivity contribution in [2.24, 2.45) is 0 Å². The molecule has 0 amide bonds. The van der Waals surface area contributed by atoms with E-state index in [2.05, 4.69) is 26.2 Å². The summed E-state index contributed by atoms with van der Waals surface area (Å²) >= 11 is 10.8. The van der Waals surface area contributed by atoms with Crippen LogP contribution < -0.4 is 5.32 Å². The summed E-state index contributed by atoms with van der Waals surface area (Å²) in [5, 5.41) is 4.26. The highest BCUT2D eigenvalue weighted by Crippen LogP contribution is 2.31. The van der Waals surface area contributed by atoms with E-state index in [-0.39, 0.29) is 5.69 Å². The molecule has 1 aromatic carbocycles. The first-order chi connectivity index (χ1) is 9.11. The number of anilines is 2. The number of thiazole rings is 1. The molecule has 7 heteroatoms. The van der Waals surface area contributed by atoms with Gasteiger partial charge in [0.1, 0.15) is 5.00 Å². The summed E-state index contributed by atoms with van der Waals surface area (Å²) in [6.07, 6.45) is 0. The van der Waals surface area contributed by atoms with E-state index in [0.717, 1.165) is 4.47 Å². The predicted octanol–water partition coefficient (Wildman–Crippen LogP) is 4.48. The number of benzene rings is 1. The van der Waals surface area contributed by atoms with E-state index < -0.39 is 5.97 Å². The topological polar surface area (TPSA) is 51.2 Å². The number of ether oxygens (including phenoxy) is 1. The molecule has 0 saturated carbocycles. The molecule has 0 fully saturated rings. The summed E-state index contributed by atoms with van der Waals surface area (Å²) in [6.45, 7) is 2.07. The Kier molecular flexibility index (Phi) is 4.79. The van der Waals surface area contributed by atoms with Gasteiger partial charge in [-0.25, -0.2) is 9.78 Å². The van der Waals surface area contributed by atoms with Crippen LogP contribution in [0.3, 0.4) is 0 Å². The maximum atomic E-state index is 11.7. The van der Waals surface area contributed by atoms with Crippen molar-refractivity contribution in [1.82, 2.24) is 4.98 Å². The second-order valence-corrected chi connectivity index (χ2v) is 5.68. The Hall–Kier alpha value is -1.11. The molecule has 0 aliphatic rings. The Morgan fingerprint density at radius 2 is 2.37 bits per heavy atom. The minimum atomic E-state index is -0.445. The van der Waals surface area contributed by atoms with E-state index in [0.29, 0.717) is 22.3 Å². The summed E-state index contributed by atoms with van der Waals surface area (Å²) in [6, 6.07) is 5.45. The number of hydrogen-bond acceptors (Lipinski definition) is 5. The Bertz CT molecular complexity index is 603. The third-order valence-corrected chi connectivity index (χ3v) is 3.76. The molecule has 0 spiro atoms. The van der Waals surface area contributed by atoms with Gasteiger partial charge in [0, 0.05) is 4.47 Å². The molecule has 1 aromatic heterocycles. The van der Waals surface area contributed by atoms with Crippen LogP contribution in [0.15, 0.2) is 28.2 Å². The van der Waals surface area contributed by atoms with Gasteiger partial charge in [-0.1, -0.05) is 27.5 Å². The maximum absolute atomic E-state index is 11.7. The second kappa shape index (κ2) is 6.36. The number of carbonyl (C=O) groups excluding carboxylic acids is 1. The highest BCUT2D eigenvalue weighted by atomic mass is 79.9. The Labute approximate surface area is 127 Å². The summed E-state index contributed by atoms with van der Waals surface area (Å²) in [4.78, 5) is 15.7. The van der Waals surface area contributed by atoms with Gasteiger partial charge in [-0.15, -0.1) is 11.3 Å². The van der Waals surface area contributed by atoms with Crippen LogP contribution in [-0.4, -0.2) is 17.6 Å². The molecule has 4 nitrogen and oxygen atoms in total. The molecule has 1 N–H and O–H groups in total. The van der Waals surface area contributed by atoms with Gasteiger partial charge < -0.3 is 10.1 Å². The van der Waals surface area contributed by atoms with Crippen LogP contribution >= 0.6 is 38.9 Å². The highest BCUT2D eigenvalue weighted by Gasteiger charge is 2.16. The van der Waals surface area contributed by atoms with E-state index >= 15 is 0 Å². The molecule has 0 saturated heterocycles. The van der Waals surface area contributed by atoms with Crippen LogP contribution in [0.4, 0.5) is 10.7 Å². The number of rotatable bonds is 4. The number of nitrogens with one attached hydrogen (secondary N) is 1. The largest absolute Gasteiger partial charge is 0.461 e. The number of halogens is 2. The predicted molar refractivity (Wildman–Crippen MR) is 80.5 cm³/mol. The average molecular weight is 362 g/mol. The molecule has 100 valence electrons. The number of hydrogen-bond donors (Lipinski definition) is 1. The molecule has 0 unspecified atom stereocenters. The Morgan fingerprint density at radius 1 is 1.58 bits per heavy atom. The van der Waals surface area contributed by atoms with Gasteiger partial charge in [-0.3, -0.25) is 0 Å². The number of aromatic nitrogens is 1. The van der Waals surface area contributed by atoms with Crippen molar-refractivity contribution in [2.75, 3.05) is 11.9 Å². The lowest BCUT2D eigenvalue weighted by molar-refractivity contribution is 0.0521. The average Bonchev–Trinajstić information content (AvgIpc) is 2.81. The van der Waals surface area contributed by atoms with Crippen molar-refractivity contribution in [1.29, 1.82) is 0 Å². The zero-order valence-electron chi connectivity index (χ0n) is 9.94. The first-order valence-electron chi connectivity index (χ1n) is 5.44. The van der Waals surface area contributed by atoms with E-state index in [1.165, 1.54) is 11.3 Å². The fourth-order valence-corrected chi connectivity index (χ4v) is 2.79. The second-order valence-electron chi connectivity index (χ2n) is 3.50. The van der Waals surface area contributed by atoms with Gasteiger partial charge >= 0.3 is 5.97 Å². The summed E-state index contributed by atoms with van der Waals surface area (Å²) in [7, 11) is 0. The van der Waals surface area contributed by atoms with E-state index in [1.54, 1.807) is 18.5 Å². The molecule has 19 heavy (non-hydrogen) atoms. The number of esters is 1. The first-order valence-corrected chi connectivity index (χ1v) is 7.49. The van der Waals surface area contributed by atoms with Crippen LogP contribution in [0.2, 0.25) is 5.02 Å². The fraction of sp³-hybridized carbons (Fsp3) is 0.167.